The number of carbonyl (C=O) groups excluding carboxylic acids is 2. The molecule has 5 N–H and O–H groups in total. The molecule has 178 valence electrons. The smallest absolute Gasteiger partial charge is 0.257 e. The Bertz CT molecular complexity index is 1200. The zero-order valence-electron chi connectivity index (χ0n) is 18.6. The minimum absolute atomic E-state index is 0.0861. The number of anilines is 2. The van der Waals surface area contributed by atoms with Gasteiger partial charge in [-0.15, -0.1) is 0 Å². The fraction of sp³-hybridized carbons (Fsp3) is 0.208. The molecule has 1 aromatic heterocycles. The molecule has 0 saturated heterocycles. The molecule has 2 amide bonds. The van der Waals surface area contributed by atoms with Gasteiger partial charge in [-0.05, 0) is 53.9 Å². The molecule has 34 heavy (non-hydrogen) atoms. The molecule has 3 rings (SSSR count). The van der Waals surface area contributed by atoms with Crippen LogP contribution in [0.2, 0.25) is 0 Å². The number of hydrogen-bond acceptors (Lipinski definition) is 6. The molecule has 0 saturated carbocycles. The summed E-state index contributed by atoms with van der Waals surface area (Å²) in [7, 11) is 1.53. The Morgan fingerprint density at radius 2 is 1.85 bits per heavy atom. The number of pyridine rings is 1. The number of benzene rings is 2. The van der Waals surface area contributed by atoms with Gasteiger partial charge in [0.2, 0.25) is 0 Å². The maximum Gasteiger partial charge on any atom is 0.257 e. The summed E-state index contributed by atoms with van der Waals surface area (Å²) in [6.45, 7) is 2.46. The molecule has 0 fully saturated rings. The number of ether oxygens (including phenoxy) is 1. The van der Waals surface area contributed by atoms with Crippen LogP contribution in [0.15, 0.2) is 48.7 Å². The number of amides is 2. The number of rotatable bonds is 8. The van der Waals surface area contributed by atoms with Crippen LogP contribution in [0.3, 0.4) is 0 Å². The molecule has 0 radical (unpaired) electrons. The number of nitrogens with one attached hydrogen (secondary N) is 2. The van der Waals surface area contributed by atoms with E-state index in [1.807, 2.05) is 0 Å². The fourth-order valence-electron chi connectivity index (χ4n) is 3.33. The summed E-state index contributed by atoms with van der Waals surface area (Å²) >= 11 is 0. The van der Waals surface area contributed by atoms with Gasteiger partial charge in [0, 0.05) is 37.2 Å². The predicted octanol–water partition coefficient (Wildman–Crippen LogP) is 2.97. The Morgan fingerprint density at radius 3 is 2.50 bits per heavy atom. The Hall–Kier alpha value is -3.89. The number of hydrogen-bond donors (Lipinski definition) is 4. The predicted molar refractivity (Wildman–Crippen MR) is 123 cm³/mol. The van der Waals surface area contributed by atoms with Gasteiger partial charge in [-0.3, -0.25) is 9.59 Å². The van der Waals surface area contributed by atoms with Crippen molar-refractivity contribution in [1.82, 2.24) is 10.3 Å². The first-order valence-electron chi connectivity index (χ1n) is 10.3. The van der Waals surface area contributed by atoms with E-state index in [4.69, 9.17) is 10.5 Å². The zero-order valence-corrected chi connectivity index (χ0v) is 18.6. The van der Waals surface area contributed by atoms with Crippen molar-refractivity contribution in [2.24, 2.45) is 0 Å². The molecule has 8 nitrogen and oxygen atoms in total. The molecular weight excluding hydrogens is 446 g/mol. The zero-order chi connectivity index (χ0) is 24.8. The van der Waals surface area contributed by atoms with Crippen molar-refractivity contribution in [3.05, 3.63) is 77.0 Å². The van der Waals surface area contributed by atoms with Crippen molar-refractivity contribution >= 4 is 23.3 Å². The fourth-order valence-corrected chi connectivity index (χ4v) is 3.33. The molecule has 3 aromatic rings. The molecule has 2 aromatic carbocycles. The van der Waals surface area contributed by atoms with Gasteiger partial charge in [-0.25, -0.2) is 13.8 Å². The van der Waals surface area contributed by atoms with Gasteiger partial charge in [0.15, 0.2) is 6.10 Å². The van der Waals surface area contributed by atoms with Gasteiger partial charge in [0.1, 0.15) is 17.5 Å². The minimum Gasteiger partial charge on any atom is -0.383 e. The van der Waals surface area contributed by atoms with Crippen LogP contribution in [0.4, 0.5) is 20.3 Å². The van der Waals surface area contributed by atoms with E-state index in [-0.39, 0.29) is 22.9 Å². The van der Waals surface area contributed by atoms with E-state index in [0.29, 0.717) is 30.5 Å². The van der Waals surface area contributed by atoms with E-state index in [1.165, 1.54) is 13.3 Å². The lowest BCUT2D eigenvalue weighted by atomic mass is 9.99. The number of aryl methyl sites for hydroxylation is 1. The molecular formula is C24H24F2N4O4. The number of aliphatic hydroxyl groups excluding tert-OH is 1. The monoisotopic (exact) mass is 470 g/mol. The van der Waals surface area contributed by atoms with Gasteiger partial charge >= 0.3 is 0 Å². The maximum absolute atomic E-state index is 13.4. The average Bonchev–Trinajstić information content (AvgIpc) is 2.78. The third-order valence-electron chi connectivity index (χ3n) is 5.01. The van der Waals surface area contributed by atoms with Crippen molar-refractivity contribution in [1.29, 1.82) is 0 Å². The van der Waals surface area contributed by atoms with Crippen LogP contribution in [-0.4, -0.2) is 42.2 Å². The highest BCUT2D eigenvalue weighted by atomic mass is 19.1. The minimum atomic E-state index is -1.76. The first-order valence-corrected chi connectivity index (χ1v) is 10.3. The summed E-state index contributed by atoms with van der Waals surface area (Å²) in [4.78, 5) is 28.9. The van der Waals surface area contributed by atoms with Crippen LogP contribution in [0.25, 0.3) is 11.1 Å². The molecule has 0 aliphatic carbocycles. The van der Waals surface area contributed by atoms with Crippen LogP contribution >= 0.6 is 0 Å². The summed E-state index contributed by atoms with van der Waals surface area (Å²) in [5.41, 5.74) is 8.36. The van der Waals surface area contributed by atoms with Crippen molar-refractivity contribution in [3.63, 3.8) is 0 Å². The van der Waals surface area contributed by atoms with E-state index < -0.39 is 23.6 Å². The topological polar surface area (TPSA) is 127 Å². The van der Waals surface area contributed by atoms with Crippen LogP contribution < -0.4 is 16.4 Å². The molecule has 0 aliphatic rings. The van der Waals surface area contributed by atoms with E-state index in [9.17, 15) is 23.5 Å². The molecule has 0 aliphatic heterocycles. The first-order chi connectivity index (χ1) is 16.2. The van der Waals surface area contributed by atoms with Gasteiger partial charge < -0.3 is 26.2 Å². The summed E-state index contributed by atoms with van der Waals surface area (Å²) in [6.07, 6.45) is -0.227. The average molecular weight is 470 g/mol. The lowest BCUT2D eigenvalue weighted by Gasteiger charge is -2.14. The molecule has 0 spiro atoms. The molecule has 1 heterocycles. The number of nitrogen functional groups attached to an aromatic ring is 1. The molecule has 10 heteroatoms. The SMILES string of the molecule is COCCNC(=O)c1cc(-c2ccc(NC(=O)C(O)c3cc(F)cc(F)c3)cc2C)cnc1N. The van der Waals surface area contributed by atoms with E-state index >= 15 is 0 Å². The summed E-state index contributed by atoms with van der Waals surface area (Å²) in [5, 5.41) is 15.4. The van der Waals surface area contributed by atoms with Crippen LogP contribution in [0.1, 0.15) is 27.6 Å². The number of aliphatic hydroxyl groups is 1. The van der Waals surface area contributed by atoms with E-state index in [0.717, 1.165) is 23.3 Å². The van der Waals surface area contributed by atoms with Crippen molar-refractivity contribution in [2.45, 2.75) is 13.0 Å². The van der Waals surface area contributed by atoms with E-state index in [1.54, 1.807) is 31.2 Å². The number of nitrogens with two attached hydrogens (primary N) is 1. The number of aromatic nitrogens is 1. The Labute approximate surface area is 194 Å². The highest BCUT2D eigenvalue weighted by molar-refractivity contribution is 5.99. The third-order valence-corrected chi connectivity index (χ3v) is 5.01. The molecule has 0 bridgehead atoms. The molecule has 1 atom stereocenters. The van der Waals surface area contributed by atoms with Crippen molar-refractivity contribution in [2.75, 3.05) is 31.3 Å². The maximum atomic E-state index is 13.4. The standard InChI is InChI=1S/C24H24F2N4O4/c1-13-7-18(30-24(33)21(31)14-8-16(25)11-17(26)9-14)3-4-19(13)15-10-20(22(27)29-12-15)23(32)28-5-6-34-2/h3-4,7-12,21,31H,5-6H2,1-2H3,(H2,27,29)(H,28,32)(H,30,33). The van der Waals surface area contributed by atoms with E-state index in [2.05, 4.69) is 15.6 Å². The third kappa shape index (κ3) is 5.91. The first kappa shape index (κ1) is 24.7. The van der Waals surface area contributed by atoms with Gasteiger partial charge in [-0.1, -0.05) is 6.07 Å². The Balaban J connectivity index is 1.78. The summed E-state index contributed by atoms with van der Waals surface area (Å²) in [5.74, 6) is -2.94. The Kier molecular flexibility index (Phi) is 7.87. The Morgan fingerprint density at radius 1 is 1.15 bits per heavy atom. The highest BCUT2D eigenvalue weighted by Gasteiger charge is 2.20. The number of nitrogens with zero attached hydrogens (tertiary/aromatic N) is 1. The normalized spacial score (nSPS) is 11.7. The second kappa shape index (κ2) is 10.8. The van der Waals surface area contributed by atoms with Crippen molar-refractivity contribution < 1.29 is 28.2 Å². The second-order valence-electron chi connectivity index (χ2n) is 7.53. The van der Waals surface area contributed by atoms with Crippen molar-refractivity contribution in [3.8, 4) is 11.1 Å². The quantitative estimate of drug-likeness (QED) is 0.375. The number of carbonyl (C=O) groups is 2. The number of methoxy groups -OCH3 is 1. The number of halogens is 2. The summed E-state index contributed by atoms with van der Waals surface area (Å²) < 4.78 is 31.7. The van der Waals surface area contributed by atoms with Gasteiger partial charge in [0.25, 0.3) is 11.8 Å². The van der Waals surface area contributed by atoms with Gasteiger partial charge in [-0.2, -0.15) is 0 Å². The highest BCUT2D eigenvalue weighted by Crippen LogP contribution is 2.28. The lowest BCUT2D eigenvalue weighted by Crippen LogP contribution is -2.28. The van der Waals surface area contributed by atoms with Crippen LogP contribution in [0, 0.1) is 18.6 Å². The largest absolute Gasteiger partial charge is 0.383 e. The lowest BCUT2D eigenvalue weighted by molar-refractivity contribution is -0.124. The second-order valence-corrected chi connectivity index (χ2v) is 7.53. The van der Waals surface area contributed by atoms with Crippen LogP contribution in [-0.2, 0) is 9.53 Å². The van der Waals surface area contributed by atoms with Crippen LogP contribution in [0.5, 0.6) is 0 Å². The van der Waals surface area contributed by atoms with Gasteiger partial charge in [0.05, 0.1) is 12.2 Å². The summed E-state index contributed by atoms with van der Waals surface area (Å²) in [6, 6.07) is 9.00. The molecule has 1 unspecified atom stereocenters.